The molecule has 6 nitrogen and oxygen atoms in total. The molecule has 6 heteroatoms. The van der Waals surface area contributed by atoms with E-state index in [1.807, 2.05) is 0 Å². The quantitative estimate of drug-likeness (QED) is 0.847. The molecule has 19 heavy (non-hydrogen) atoms. The minimum Gasteiger partial charge on any atom is -0.396 e. The number of hydrogen-bond donors (Lipinski definition) is 1. The van der Waals surface area contributed by atoms with Crippen LogP contribution in [0.1, 0.15) is 25.6 Å². The van der Waals surface area contributed by atoms with Gasteiger partial charge in [-0.1, -0.05) is 0 Å². The van der Waals surface area contributed by atoms with Gasteiger partial charge in [0, 0.05) is 25.7 Å². The van der Waals surface area contributed by atoms with Crippen molar-refractivity contribution in [3.8, 4) is 0 Å². The number of hydrogen-bond acceptors (Lipinski definition) is 5. The average Bonchev–Trinajstić information content (AvgIpc) is 3.04. The molecule has 0 radical (unpaired) electrons. The molecule has 2 aliphatic rings. The van der Waals surface area contributed by atoms with Crippen LogP contribution in [0.4, 0.5) is 0 Å². The summed E-state index contributed by atoms with van der Waals surface area (Å²) in [7, 11) is 0. The molecule has 0 unspecified atom stereocenters. The van der Waals surface area contributed by atoms with Crippen molar-refractivity contribution < 1.29 is 9.84 Å². The molecule has 0 spiro atoms. The molecular formula is C13H22N4O2. The summed E-state index contributed by atoms with van der Waals surface area (Å²) < 4.78 is 7.93. The number of morpholine rings is 1. The van der Waals surface area contributed by atoms with E-state index in [1.54, 1.807) is 6.33 Å². The molecule has 1 saturated heterocycles. The van der Waals surface area contributed by atoms with Crippen molar-refractivity contribution in [1.29, 1.82) is 0 Å². The van der Waals surface area contributed by atoms with Gasteiger partial charge in [0.2, 0.25) is 0 Å². The lowest BCUT2D eigenvalue weighted by Gasteiger charge is -2.37. The normalized spacial score (nSPS) is 31.6. The van der Waals surface area contributed by atoms with E-state index in [0.717, 1.165) is 44.9 Å². The number of aryl methyl sites for hydroxylation is 1. The molecule has 1 aliphatic carbocycles. The fraction of sp³-hybridized carbons (Fsp3) is 0.846. The van der Waals surface area contributed by atoms with Crippen molar-refractivity contribution in [3.05, 3.63) is 12.2 Å². The lowest BCUT2D eigenvalue weighted by Crippen LogP contribution is -2.48. The monoisotopic (exact) mass is 266 g/mol. The van der Waals surface area contributed by atoms with E-state index < -0.39 is 0 Å². The van der Waals surface area contributed by atoms with E-state index in [9.17, 15) is 5.11 Å². The Labute approximate surface area is 113 Å². The van der Waals surface area contributed by atoms with Gasteiger partial charge in [0.1, 0.15) is 12.2 Å². The van der Waals surface area contributed by atoms with Gasteiger partial charge in [0.25, 0.3) is 0 Å². The van der Waals surface area contributed by atoms with Crippen molar-refractivity contribution in [2.45, 2.75) is 45.0 Å². The minimum atomic E-state index is 0.273. The van der Waals surface area contributed by atoms with E-state index >= 15 is 0 Å². The summed E-state index contributed by atoms with van der Waals surface area (Å²) in [6.07, 6.45) is 4.08. The Morgan fingerprint density at radius 1 is 1.47 bits per heavy atom. The second-order valence-corrected chi connectivity index (χ2v) is 5.50. The zero-order chi connectivity index (χ0) is 13.2. The van der Waals surface area contributed by atoms with Crippen LogP contribution in [0, 0.1) is 5.92 Å². The summed E-state index contributed by atoms with van der Waals surface area (Å²) in [5, 5.41) is 17.5. The number of aliphatic hydroxyl groups is 1. The highest BCUT2D eigenvalue weighted by Crippen LogP contribution is 2.34. The Morgan fingerprint density at radius 2 is 2.37 bits per heavy atom. The summed E-state index contributed by atoms with van der Waals surface area (Å²) in [5.41, 5.74) is 0. The van der Waals surface area contributed by atoms with Crippen molar-refractivity contribution in [3.63, 3.8) is 0 Å². The second-order valence-electron chi connectivity index (χ2n) is 5.50. The first-order valence-corrected chi connectivity index (χ1v) is 7.15. The maximum Gasteiger partial charge on any atom is 0.147 e. The second kappa shape index (κ2) is 5.56. The Bertz CT molecular complexity index is 423. The fourth-order valence-electron chi connectivity index (χ4n) is 3.32. The van der Waals surface area contributed by atoms with E-state index in [2.05, 4.69) is 26.6 Å². The van der Waals surface area contributed by atoms with Crippen molar-refractivity contribution in [2.75, 3.05) is 19.8 Å². The summed E-state index contributed by atoms with van der Waals surface area (Å²) in [6, 6.07) is 0.424. The van der Waals surface area contributed by atoms with Crippen LogP contribution in [0.2, 0.25) is 0 Å². The van der Waals surface area contributed by atoms with Gasteiger partial charge < -0.3 is 14.4 Å². The zero-order valence-corrected chi connectivity index (χ0v) is 11.4. The summed E-state index contributed by atoms with van der Waals surface area (Å²) in [6.45, 7) is 5.83. The highest BCUT2D eigenvalue weighted by atomic mass is 16.5. The first-order valence-electron chi connectivity index (χ1n) is 7.15. The van der Waals surface area contributed by atoms with Crippen LogP contribution >= 0.6 is 0 Å². The van der Waals surface area contributed by atoms with E-state index in [1.165, 1.54) is 0 Å². The Balaban J connectivity index is 1.70. The Kier molecular flexibility index (Phi) is 3.81. The van der Waals surface area contributed by atoms with Crippen LogP contribution in [0.25, 0.3) is 0 Å². The molecule has 106 valence electrons. The lowest BCUT2D eigenvalue weighted by atomic mass is 10.1. The maximum atomic E-state index is 9.34. The van der Waals surface area contributed by atoms with Gasteiger partial charge in [-0.15, -0.1) is 10.2 Å². The Hall–Kier alpha value is -0.980. The van der Waals surface area contributed by atoms with Gasteiger partial charge in [0.15, 0.2) is 0 Å². The minimum absolute atomic E-state index is 0.273. The standard InChI is InChI=1S/C13H22N4O2/c1-2-16-9-14-15-13(16)7-17-3-4-19-12-6-10(8-18)5-11(12)17/h9-12,18H,2-8H2,1H3/t10-,11+,12+/m1/s1. The van der Waals surface area contributed by atoms with Crippen molar-refractivity contribution in [2.24, 2.45) is 5.92 Å². The largest absolute Gasteiger partial charge is 0.396 e. The third-order valence-corrected chi connectivity index (χ3v) is 4.39. The smallest absolute Gasteiger partial charge is 0.147 e. The van der Waals surface area contributed by atoms with Crippen LogP contribution in [0.15, 0.2) is 6.33 Å². The number of aliphatic hydroxyl groups excluding tert-OH is 1. The van der Waals surface area contributed by atoms with Crippen LogP contribution in [0.5, 0.6) is 0 Å². The lowest BCUT2D eigenvalue weighted by molar-refractivity contribution is -0.0601. The SMILES string of the molecule is CCn1cnnc1CN1CCO[C@H]2C[C@H](CO)C[C@@H]21. The van der Waals surface area contributed by atoms with Gasteiger partial charge in [0.05, 0.1) is 19.3 Å². The van der Waals surface area contributed by atoms with Crippen LogP contribution in [0.3, 0.4) is 0 Å². The molecule has 0 amide bonds. The molecule has 0 bridgehead atoms. The third kappa shape index (κ3) is 2.52. The molecule has 2 fully saturated rings. The number of aromatic nitrogens is 3. The summed E-state index contributed by atoms with van der Waals surface area (Å²) in [5.74, 6) is 1.41. The fourth-order valence-corrected chi connectivity index (χ4v) is 3.32. The first kappa shape index (κ1) is 13.0. The predicted octanol–water partition coefficient (Wildman–Crippen LogP) is 0.270. The number of fused-ring (bicyclic) bond motifs is 1. The van der Waals surface area contributed by atoms with Crippen molar-refractivity contribution in [1.82, 2.24) is 19.7 Å². The molecule has 3 rings (SSSR count). The molecular weight excluding hydrogens is 244 g/mol. The van der Waals surface area contributed by atoms with Gasteiger partial charge in [-0.3, -0.25) is 4.90 Å². The van der Waals surface area contributed by atoms with Gasteiger partial charge in [-0.2, -0.15) is 0 Å². The molecule has 3 atom stereocenters. The average molecular weight is 266 g/mol. The number of nitrogens with zero attached hydrogens (tertiary/aromatic N) is 4. The summed E-state index contributed by atoms with van der Waals surface area (Å²) in [4.78, 5) is 2.44. The van der Waals surface area contributed by atoms with Gasteiger partial charge >= 0.3 is 0 Å². The Morgan fingerprint density at radius 3 is 3.16 bits per heavy atom. The molecule has 1 aliphatic heterocycles. The van der Waals surface area contributed by atoms with E-state index in [0.29, 0.717) is 12.0 Å². The molecule has 1 aromatic rings. The highest BCUT2D eigenvalue weighted by Gasteiger charge is 2.40. The van der Waals surface area contributed by atoms with Gasteiger partial charge in [-0.05, 0) is 25.7 Å². The molecule has 1 saturated carbocycles. The predicted molar refractivity (Wildman–Crippen MR) is 69.4 cm³/mol. The molecule has 2 heterocycles. The highest BCUT2D eigenvalue weighted by molar-refractivity contribution is 4.96. The number of rotatable bonds is 4. The molecule has 1 aromatic heterocycles. The van der Waals surface area contributed by atoms with Gasteiger partial charge in [-0.25, -0.2) is 0 Å². The third-order valence-electron chi connectivity index (χ3n) is 4.39. The maximum absolute atomic E-state index is 9.34. The van der Waals surface area contributed by atoms with E-state index in [4.69, 9.17) is 4.74 Å². The van der Waals surface area contributed by atoms with Crippen LogP contribution < -0.4 is 0 Å². The van der Waals surface area contributed by atoms with Crippen LogP contribution in [-0.2, 0) is 17.8 Å². The summed E-state index contributed by atoms with van der Waals surface area (Å²) >= 11 is 0. The molecule has 1 N–H and O–H groups in total. The van der Waals surface area contributed by atoms with E-state index in [-0.39, 0.29) is 12.7 Å². The number of ether oxygens (including phenoxy) is 1. The first-order chi connectivity index (χ1) is 9.31. The van der Waals surface area contributed by atoms with Crippen molar-refractivity contribution >= 4 is 0 Å². The topological polar surface area (TPSA) is 63.4 Å². The molecule has 0 aromatic carbocycles. The van der Waals surface area contributed by atoms with Crippen LogP contribution in [-0.4, -0.2) is 56.7 Å². The zero-order valence-electron chi connectivity index (χ0n) is 11.4.